The van der Waals surface area contributed by atoms with Gasteiger partial charge in [0.25, 0.3) is 0 Å². The SMILES string of the molecule is Cc1ccc2oc(-c3ccccc3O)c(C)c(=O)c2c1. The maximum absolute atomic E-state index is 12.4. The van der Waals surface area contributed by atoms with Gasteiger partial charge in [0, 0.05) is 5.56 Å². The van der Waals surface area contributed by atoms with Crippen LogP contribution in [0, 0.1) is 13.8 Å². The maximum Gasteiger partial charge on any atom is 0.196 e. The van der Waals surface area contributed by atoms with Gasteiger partial charge in [0.2, 0.25) is 0 Å². The van der Waals surface area contributed by atoms with Crippen LogP contribution >= 0.6 is 0 Å². The van der Waals surface area contributed by atoms with Crippen LogP contribution in [0.1, 0.15) is 11.1 Å². The van der Waals surface area contributed by atoms with Crippen molar-refractivity contribution >= 4 is 11.0 Å². The Labute approximate surface area is 116 Å². The van der Waals surface area contributed by atoms with Crippen molar-refractivity contribution in [2.45, 2.75) is 13.8 Å². The van der Waals surface area contributed by atoms with E-state index >= 15 is 0 Å². The molecule has 0 atom stereocenters. The van der Waals surface area contributed by atoms with E-state index in [1.165, 1.54) is 0 Å². The predicted molar refractivity (Wildman–Crippen MR) is 79.1 cm³/mol. The fraction of sp³-hybridized carbons (Fsp3) is 0.118. The fourth-order valence-electron chi connectivity index (χ4n) is 2.32. The van der Waals surface area contributed by atoms with Gasteiger partial charge < -0.3 is 9.52 Å². The summed E-state index contributed by atoms with van der Waals surface area (Å²) < 4.78 is 5.84. The first-order valence-electron chi connectivity index (χ1n) is 6.40. The molecule has 0 aliphatic rings. The minimum atomic E-state index is -0.0618. The molecule has 100 valence electrons. The van der Waals surface area contributed by atoms with Crippen LogP contribution in [0.15, 0.2) is 51.7 Å². The Hall–Kier alpha value is -2.55. The molecule has 1 N–H and O–H groups in total. The van der Waals surface area contributed by atoms with Gasteiger partial charge in [-0.05, 0) is 38.1 Å². The van der Waals surface area contributed by atoms with Crippen molar-refractivity contribution in [3.05, 3.63) is 63.8 Å². The summed E-state index contributed by atoms with van der Waals surface area (Å²) in [5.41, 5.74) is 2.52. The Morgan fingerprint density at radius 3 is 2.55 bits per heavy atom. The number of hydrogen-bond acceptors (Lipinski definition) is 3. The van der Waals surface area contributed by atoms with Gasteiger partial charge in [-0.15, -0.1) is 0 Å². The minimum Gasteiger partial charge on any atom is -0.507 e. The third-order valence-corrected chi connectivity index (χ3v) is 3.42. The van der Waals surface area contributed by atoms with Gasteiger partial charge in [-0.1, -0.05) is 23.8 Å². The van der Waals surface area contributed by atoms with E-state index in [9.17, 15) is 9.90 Å². The minimum absolute atomic E-state index is 0.0618. The highest BCUT2D eigenvalue weighted by molar-refractivity contribution is 5.81. The summed E-state index contributed by atoms with van der Waals surface area (Å²) in [5, 5.41) is 10.5. The van der Waals surface area contributed by atoms with Gasteiger partial charge in [-0.3, -0.25) is 4.79 Å². The van der Waals surface area contributed by atoms with Gasteiger partial charge in [0.1, 0.15) is 17.1 Å². The highest BCUT2D eigenvalue weighted by Gasteiger charge is 2.15. The number of aromatic hydroxyl groups is 1. The summed E-state index contributed by atoms with van der Waals surface area (Å²) in [4.78, 5) is 12.4. The largest absolute Gasteiger partial charge is 0.507 e. The van der Waals surface area contributed by atoms with Gasteiger partial charge in [0.05, 0.1) is 10.9 Å². The third-order valence-electron chi connectivity index (χ3n) is 3.42. The van der Waals surface area contributed by atoms with Crippen molar-refractivity contribution in [3.63, 3.8) is 0 Å². The van der Waals surface area contributed by atoms with E-state index in [2.05, 4.69) is 0 Å². The first-order valence-corrected chi connectivity index (χ1v) is 6.40. The zero-order chi connectivity index (χ0) is 14.3. The molecule has 3 nitrogen and oxygen atoms in total. The average molecular weight is 266 g/mol. The van der Waals surface area contributed by atoms with Crippen LogP contribution in [0.2, 0.25) is 0 Å². The number of phenolic OH excluding ortho intramolecular Hbond substituents is 1. The lowest BCUT2D eigenvalue weighted by Gasteiger charge is -2.08. The lowest BCUT2D eigenvalue weighted by molar-refractivity contribution is 0.474. The number of fused-ring (bicyclic) bond motifs is 1. The second-order valence-electron chi connectivity index (χ2n) is 4.90. The van der Waals surface area contributed by atoms with E-state index in [-0.39, 0.29) is 11.2 Å². The topological polar surface area (TPSA) is 50.4 Å². The van der Waals surface area contributed by atoms with Gasteiger partial charge in [-0.25, -0.2) is 0 Å². The number of aryl methyl sites for hydroxylation is 1. The molecular formula is C17H14O3. The molecule has 3 rings (SSSR count). The summed E-state index contributed by atoms with van der Waals surface area (Å²) in [7, 11) is 0. The van der Waals surface area contributed by atoms with E-state index in [1.807, 2.05) is 19.1 Å². The second kappa shape index (κ2) is 4.53. The molecule has 0 bridgehead atoms. The van der Waals surface area contributed by atoms with Crippen LogP contribution in [-0.4, -0.2) is 5.11 Å². The number of benzene rings is 2. The Bertz CT molecular complexity index is 860. The highest BCUT2D eigenvalue weighted by atomic mass is 16.3. The quantitative estimate of drug-likeness (QED) is 0.729. The number of rotatable bonds is 1. The molecule has 0 aliphatic heterocycles. The van der Waals surface area contributed by atoms with Crippen LogP contribution in [-0.2, 0) is 0 Å². The molecule has 0 fully saturated rings. The van der Waals surface area contributed by atoms with Crippen molar-refractivity contribution in [1.82, 2.24) is 0 Å². The molecule has 1 aromatic heterocycles. The molecule has 0 spiro atoms. The molecule has 0 saturated heterocycles. The first-order chi connectivity index (χ1) is 9.58. The Morgan fingerprint density at radius 1 is 1.05 bits per heavy atom. The summed E-state index contributed by atoms with van der Waals surface area (Å²) in [6.45, 7) is 3.65. The van der Waals surface area contributed by atoms with Gasteiger partial charge >= 0.3 is 0 Å². The Balaban J connectivity index is 2.39. The van der Waals surface area contributed by atoms with Crippen LogP contribution in [0.4, 0.5) is 0 Å². The lowest BCUT2D eigenvalue weighted by Crippen LogP contribution is -2.07. The fourth-order valence-corrected chi connectivity index (χ4v) is 2.32. The summed E-state index contributed by atoms with van der Waals surface area (Å²) in [6.07, 6.45) is 0. The number of phenols is 1. The van der Waals surface area contributed by atoms with Crippen molar-refractivity contribution in [1.29, 1.82) is 0 Å². The third kappa shape index (κ3) is 1.88. The van der Waals surface area contributed by atoms with Gasteiger partial charge in [-0.2, -0.15) is 0 Å². The van der Waals surface area contributed by atoms with Crippen LogP contribution in [0.5, 0.6) is 5.75 Å². The smallest absolute Gasteiger partial charge is 0.196 e. The van der Waals surface area contributed by atoms with Gasteiger partial charge in [0.15, 0.2) is 5.43 Å². The van der Waals surface area contributed by atoms with Crippen molar-refractivity contribution in [3.8, 4) is 17.1 Å². The monoisotopic (exact) mass is 266 g/mol. The molecule has 3 aromatic rings. The molecule has 3 heteroatoms. The highest BCUT2D eigenvalue weighted by Crippen LogP contribution is 2.32. The molecule has 20 heavy (non-hydrogen) atoms. The normalized spacial score (nSPS) is 10.9. The van der Waals surface area contributed by atoms with E-state index in [0.717, 1.165) is 5.56 Å². The molecule has 0 aliphatic carbocycles. The first kappa shape index (κ1) is 12.5. The molecule has 0 saturated carbocycles. The maximum atomic E-state index is 12.4. The van der Waals surface area contributed by atoms with E-state index in [1.54, 1.807) is 37.3 Å². The van der Waals surface area contributed by atoms with Crippen molar-refractivity contribution < 1.29 is 9.52 Å². The van der Waals surface area contributed by atoms with Crippen molar-refractivity contribution in [2.24, 2.45) is 0 Å². The molecule has 0 unspecified atom stereocenters. The van der Waals surface area contributed by atoms with Crippen molar-refractivity contribution in [2.75, 3.05) is 0 Å². The van der Waals surface area contributed by atoms with Crippen LogP contribution in [0.3, 0.4) is 0 Å². The molecule has 0 radical (unpaired) electrons. The number of para-hydroxylation sites is 1. The number of hydrogen-bond donors (Lipinski definition) is 1. The van der Waals surface area contributed by atoms with E-state index in [4.69, 9.17) is 4.42 Å². The molecule has 1 heterocycles. The standard InChI is InChI=1S/C17H14O3/c1-10-7-8-15-13(9-10)16(19)11(2)17(20-15)12-5-3-4-6-14(12)18/h3-9,18H,1-2H3. The Kier molecular flexibility index (Phi) is 2.83. The zero-order valence-electron chi connectivity index (χ0n) is 11.3. The summed E-state index contributed by atoms with van der Waals surface area (Å²) in [5.74, 6) is 0.523. The Morgan fingerprint density at radius 2 is 1.80 bits per heavy atom. The summed E-state index contributed by atoms with van der Waals surface area (Å²) >= 11 is 0. The molecule has 2 aromatic carbocycles. The predicted octanol–water partition coefficient (Wildman–Crippen LogP) is 3.78. The molecule has 0 amide bonds. The van der Waals surface area contributed by atoms with E-state index < -0.39 is 0 Å². The lowest BCUT2D eigenvalue weighted by atomic mass is 10.0. The van der Waals surface area contributed by atoms with Crippen LogP contribution in [0.25, 0.3) is 22.3 Å². The zero-order valence-corrected chi connectivity index (χ0v) is 11.3. The van der Waals surface area contributed by atoms with Crippen LogP contribution < -0.4 is 5.43 Å². The molecular weight excluding hydrogens is 252 g/mol. The van der Waals surface area contributed by atoms with E-state index in [0.29, 0.717) is 27.9 Å². The average Bonchev–Trinajstić information content (AvgIpc) is 2.44. The second-order valence-corrected chi connectivity index (χ2v) is 4.90. The summed E-state index contributed by atoms with van der Waals surface area (Å²) in [6, 6.07) is 12.4.